The second-order valence-corrected chi connectivity index (χ2v) is 5.38. The quantitative estimate of drug-likeness (QED) is 0.324. The summed E-state index contributed by atoms with van der Waals surface area (Å²) in [6, 6.07) is 0.572. The van der Waals surface area contributed by atoms with E-state index in [-0.39, 0.29) is 0 Å². The third kappa shape index (κ3) is 3.74. The molecule has 112 valence electrons. The summed E-state index contributed by atoms with van der Waals surface area (Å²) in [6.07, 6.45) is 6.95. The van der Waals surface area contributed by atoms with E-state index >= 15 is 0 Å². The second kappa shape index (κ2) is 6.76. The van der Waals surface area contributed by atoms with Gasteiger partial charge >= 0.3 is 0 Å². The van der Waals surface area contributed by atoms with Gasteiger partial charge in [0.2, 0.25) is 0 Å². The molecule has 0 aromatic heterocycles. The lowest BCUT2D eigenvalue weighted by Gasteiger charge is -2.27. The summed E-state index contributed by atoms with van der Waals surface area (Å²) in [5, 5.41) is 6.46. The number of dihydropyridines is 1. The summed E-state index contributed by atoms with van der Waals surface area (Å²) in [6.45, 7) is 4.00. The van der Waals surface area contributed by atoms with E-state index in [9.17, 15) is 0 Å². The molecule has 0 aromatic rings. The molecule has 0 amide bonds. The lowest BCUT2D eigenvalue weighted by Crippen LogP contribution is -2.43. The highest BCUT2D eigenvalue weighted by molar-refractivity contribution is 5.80. The Balaban J connectivity index is 1.92. The van der Waals surface area contributed by atoms with Crippen LogP contribution in [0, 0.1) is 0 Å². The van der Waals surface area contributed by atoms with Crippen molar-refractivity contribution in [3.63, 3.8) is 0 Å². The molecule has 2 aliphatic heterocycles. The van der Waals surface area contributed by atoms with Gasteiger partial charge in [0, 0.05) is 19.0 Å². The van der Waals surface area contributed by atoms with Crippen molar-refractivity contribution < 1.29 is 0 Å². The van der Waals surface area contributed by atoms with Crippen LogP contribution in [0.1, 0.15) is 26.2 Å². The van der Waals surface area contributed by atoms with Crippen LogP contribution in [0.15, 0.2) is 28.5 Å². The summed E-state index contributed by atoms with van der Waals surface area (Å²) in [5.41, 5.74) is 13.0. The third-order valence-corrected chi connectivity index (χ3v) is 3.87. The Hall–Kier alpha value is -1.53. The van der Waals surface area contributed by atoms with Gasteiger partial charge in [0.15, 0.2) is 6.29 Å². The predicted molar refractivity (Wildman–Crippen MR) is 82.8 cm³/mol. The molecule has 20 heavy (non-hydrogen) atoms. The van der Waals surface area contributed by atoms with Crippen molar-refractivity contribution in [2.45, 2.75) is 38.5 Å². The molecule has 2 unspecified atom stereocenters. The van der Waals surface area contributed by atoms with E-state index in [0.29, 0.717) is 18.3 Å². The fourth-order valence-corrected chi connectivity index (χ4v) is 2.67. The van der Waals surface area contributed by atoms with Crippen LogP contribution in [0.3, 0.4) is 0 Å². The fourth-order valence-electron chi connectivity index (χ4n) is 2.67. The maximum Gasteiger partial charge on any atom is 0.174 e. The number of amidine groups is 1. The lowest BCUT2D eigenvalue weighted by atomic mass is 10.0. The Labute approximate surface area is 121 Å². The van der Waals surface area contributed by atoms with E-state index in [2.05, 4.69) is 33.6 Å². The zero-order chi connectivity index (χ0) is 14.5. The average molecular weight is 278 g/mol. The molecule has 6 heteroatoms. The number of nitrogens with two attached hydrogens (primary N) is 2. The van der Waals surface area contributed by atoms with Crippen LogP contribution < -0.4 is 22.1 Å². The Kier molecular flexibility index (Phi) is 5.03. The molecule has 0 radical (unpaired) electrons. The third-order valence-electron chi connectivity index (χ3n) is 3.87. The van der Waals surface area contributed by atoms with Crippen LogP contribution >= 0.6 is 0 Å². The molecular weight excluding hydrogens is 252 g/mol. The van der Waals surface area contributed by atoms with Crippen LogP contribution in [-0.2, 0) is 0 Å². The van der Waals surface area contributed by atoms with Gasteiger partial charge in [0.05, 0.1) is 5.84 Å². The lowest BCUT2D eigenvalue weighted by molar-refractivity contribution is 0.339. The van der Waals surface area contributed by atoms with Gasteiger partial charge < -0.3 is 16.4 Å². The Morgan fingerprint density at radius 1 is 1.60 bits per heavy atom. The van der Waals surface area contributed by atoms with Crippen molar-refractivity contribution in [2.24, 2.45) is 16.5 Å². The number of hydrogen-bond donors (Lipinski definition) is 4. The predicted octanol–water partition coefficient (Wildman–Crippen LogP) is 0.0507. The minimum absolute atomic E-state index is 0.502. The van der Waals surface area contributed by atoms with Gasteiger partial charge in [-0.05, 0) is 38.1 Å². The number of likely N-dealkylation sites (tertiary alicyclic amines) is 1. The molecule has 2 rings (SSSR count). The Bertz CT molecular complexity index is 425. The Morgan fingerprint density at radius 2 is 2.40 bits per heavy atom. The summed E-state index contributed by atoms with van der Waals surface area (Å²) in [7, 11) is 2.19. The van der Waals surface area contributed by atoms with Gasteiger partial charge in [-0.25, -0.2) is 4.99 Å². The molecule has 0 aromatic carbocycles. The van der Waals surface area contributed by atoms with Gasteiger partial charge in [-0.15, -0.1) is 0 Å². The van der Waals surface area contributed by atoms with Crippen LogP contribution in [0.4, 0.5) is 0 Å². The van der Waals surface area contributed by atoms with Crippen LogP contribution in [0.5, 0.6) is 0 Å². The highest BCUT2D eigenvalue weighted by Gasteiger charge is 2.25. The zero-order valence-corrected chi connectivity index (χ0v) is 12.4. The first kappa shape index (κ1) is 14.9. The number of allylic oxidation sites excluding steroid dienone is 2. The molecule has 1 saturated heterocycles. The number of aliphatic imine (C=N–C) groups is 1. The van der Waals surface area contributed by atoms with Crippen LogP contribution in [0.25, 0.3) is 0 Å². The van der Waals surface area contributed by atoms with E-state index in [1.807, 2.05) is 13.0 Å². The molecule has 2 atom stereocenters. The van der Waals surface area contributed by atoms with Gasteiger partial charge in [0.25, 0.3) is 0 Å². The van der Waals surface area contributed by atoms with Crippen molar-refractivity contribution in [1.82, 2.24) is 15.5 Å². The van der Waals surface area contributed by atoms with Gasteiger partial charge in [-0.1, -0.05) is 13.0 Å². The number of hydrogen-bond acceptors (Lipinski definition) is 5. The molecule has 0 bridgehead atoms. The maximum absolute atomic E-state index is 5.87. The average Bonchev–Trinajstić information content (AvgIpc) is 2.85. The van der Waals surface area contributed by atoms with Crippen molar-refractivity contribution in [2.75, 3.05) is 20.1 Å². The topological polar surface area (TPSA) is 91.7 Å². The van der Waals surface area contributed by atoms with Crippen molar-refractivity contribution >= 4 is 5.84 Å². The van der Waals surface area contributed by atoms with Crippen molar-refractivity contribution in [1.29, 1.82) is 0 Å². The smallest absolute Gasteiger partial charge is 0.174 e. The standard InChI is InChI=1S/C14H26N6/c1-3-12(15)18-14(16)19-13-7-6-10(9-17-13)11-5-4-8-20(11)2/h6-7,11,14,17,19H,3-5,8-9,16H2,1-2H3,(H2,15,18). The van der Waals surface area contributed by atoms with E-state index in [1.165, 1.54) is 25.0 Å². The van der Waals surface area contributed by atoms with Crippen LogP contribution in [0.2, 0.25) is 0 Å². The molecule has 1 fully saturated rings. The van der Waals surface area contributed by atoms with Crippen molar-refractivity contribution in [3.05, 3.63) is 23.5 Å². The number of likely N-dealkylation sites (N-methyl/N-ethyl adjacent to an activating group) is 1. The fraction of sp³-hybridized carbons (Fsp3) is 0.643. The van der Waals surface area contributed by atoms with E-state index in [1.54, 1.807) is 0 Å². The molecule has 0 aliphatic carbocycles. The first-order valence-electron chi connectivity index (χ1n) is 7.29. The normalized spacial score (nSPS) is 25.8. The summed E-state index contributed by atoms with van der Waals surface area (Å²) in [4.78, 5) is 6.56. The van der Waals surface area contributed by atoms with Crippen molar-refractivity contribution in [3.8, 4) is 0 Å². The highest BCUT2D eigenvalue weighted by Crippen LogP contribution is 2.23. The summed E-state index contributed by atoms with van der Waals surface area (Å²) < 4.78 is 0. The van der Waals surface area contributed by atoms with E-state index in [0.717, 1.165) is 12.4 Å². The number of nitrogens with one attached hydrogen (secondary N) is 2. The summed E-state index contributed by atoms with van der Waals surface area (Å²) in [5.74, 6) is 1.46. The first-order valence-corrected chi connectivity index (χ1v) is 7.29. The monoisotopic (exact) mass is 278 g/mol. The minimum Gasteiger partial charge on any atom is -0.387 e. The minimum atomic E-state index is -0.502. The SMILES string of the molecule is CC/C(N)=N/C(N)NC1=CC=C(C2CCCN2C)CN1. The largest absolute Gasteiger partial charge is 0.387 e. The highest BCUT2D eigenvalue weighted by atomic mass is 15.2. The van der Waals surface area contributed by atoms with Crippen LogP contribution in [-0.4, -0.2) is 43.2 Å². The first-order chi connectivity index (χ1) is 9.60. The number of rotatable bonds is 5. The van der Waals surface area contributed by atoms with Gasteiger partial charge in [0.1, 0.15) is 5.82 Å². The molecule has 0 saturated carbocycles. The second-order valence-electron chi connectivity index (χ2n) is 5.38. The molecule has 2 aliphatic rings. The van der Waals surface area contributed by atoms with Gasteiger partial charge in [-0.2, -0.15) is 0 Å². The molecule has 2 heterocycles. The van der Waals surface area contributed by atoms with E-state index in [4.69, 9.17) is 11.5 Å². The van der Waals surface area contributed by atoms with E-state index < -0.39 is 6.29 Å². The Morgan fingerprint density at radius 3 is 2.95 bits per heavy atom. The molecule has 0 spiro atoms. The molecule has 6 nitrogen and oxygen atoms in total. The summed E-state index contributed by atoms with van der Waals surface area (Å²) >= 11 is 0. The number of nitrogens with zero attached hydrogens (tertiary/aromatic N) is 2. The molecule has 6 N–H and O–H groups in total. The maximum atomic E-state index is 5.87. The molecular formula is C14H26N6. The zero-order valence-electron chi connectivity index (χ0n) is 12.4. The van der Waals surface area contributed by atoms with Gasteiger partial charge in [-0.3, -0.25) is 10.6 Å².